The van der Waals surface area contributed by atoms with E-state index in [1.54, 1.807) is 13.0 Å². The lowest BCUT2D eigenvalue weighted by Gasteiger charge is -2.17. The van der Waals surface area contributed by atoms with Gasteiger partial charge in [0.25, 0.3) is 0 Å². The number of hydrogen-bond donors (Lipinski definition) is 1. The smallest absolute Gasteiger partial charge is 0.182 e. The summed E-state index contributed by atoms with van der Waals surface area (Å²) in [5, 5.41) is 12.1. The molecule has 1 aromatic heterocycles. The fourth-order valence-corrected chi connectivity index (χ4v) is 3.07. The minimum Gasteiger partial charge on any atom is -0.398 e. The second kappa shape index (κ2) is 4.51. The van der Waals surface area contributed by atoms with Gasteiger partial charge in [0.1, 0.15) is 5.82 Å². The molecule has 0 saturated heterocycles. The third kappa shape index (κ3) is 2.18. The predicted molar refractivity (Wildman–Crippen MR) is 76.8 cm³/mol. The largest absolute Gasteiger partial charge is 0.398 e. The molecule has 0 unspecified atom stereocenters. The average molecular weight is 287 g/mol. The van der Waals surface area contributed by atoms with Crippen LogP contribution in [0.3, 0.4) is 0 Å². The van der Waals surface area contributed by atoms with Crippen LogP contribution in [-0.4, -0.2) is 20.2 Å². The number of nitrogens with zero attached hydrogens (tertiary/aromatic N) is 4. The second-order valence-electron chi connectivity index (χ2n) is 6.28. The Morgan fingerprint density at radius 2 is 1.90 bits per heavy atom. The van der Waals surface area contributed by atoms with E-state index in [0.717, 1.165) is 0 Å². The molecule has 0 aliphatic heterocycles. The van der Waals surface area contributed by atoms with Crippen molar-refractivity contribution < 1.29 is 4.39 Å². The van der Waals surface area contributed by atoms with Crippen molar-refractivity contribution in [1.82, 2.24) is 20.2 Å². The molecule has 0 amide bonds. The third-order valence-electron chi connectivity index (χ3n) is 4.63. The van der Waals surface area contributed by atoms with Crippen LogP contribution in [-0.2, 0) is 0 Å². The molecule has 21 heavy (non-hydrogen) atoms. The molecule has 2 aliphatic carbocycles. The number of rotatable bonds is 4. The lowest BCUT2D eigenvalue weighted by atomic mass is 10.1. The van der Waals surface area contributed by atoms with Crippen LogP contribution < -0.4 is 5.73 Å². The Hall–Kier alpha value is -1.98. The maximum absolute atomic E-state index is 13.9. The van der Waals surface area contributed by atoms with Crippen LogP contribution in [0.2, 0.25) is 0 Å². The molecule has 0 spiro atoms. The van der Waals surface area contributed by atoms with Gasteiger partial charge in [-0.15, -0.1) is 5.10 Å². The molecule has 0 bridgehead atoms. The van der Waals surface area contributed by atoms with Gasteiger partial charge in [0.2, 0.25) is 0 Å². The topological polar surface area (TPSA) is 69.6 Å². The fraction of sp³-hybridized carbons (Fsp3) is 0.533. The highest BCUT2D eigenvalue weighted by atomic mass is 19.1. The van der Waals surface area contributed by atoms with Gasteiger partial charge >= 0.3 is 0 Å². The van der Waals surface area contributed by atoms with Crippen LogP contribution in [0.5, 0.6) is 0 Å². The molecule has 4 rings (SSSR count). The Kier molecular flexibility index (Phi) is 2.74. The molecule has 1 heterocycles. The fourth-order valence-electron chi connectivity index (χ4n) is 3.07. The number of halogens is 1. The van der Waals surface area contributed by atoms with Gasteiger partial charge in [0.15, 0.2) is 5.82 Å². The van der Waals surface area contributed by atoms with Crippen molar-refractivity contribution in [3.05, 3.63) is 23.5 Å². The molecule has 2 saturated carbocycles. The number of anilines is 1. The van der Waals surface area contributed by atoms with Crippen LogP contribution in [0.1, 0.15) is 37.3 Å². The van der Waals surface area contributed by atoms with Crippen molar-refractivity contribution >= 4 is 5.69 Å². The van der Waals surface area contributed by atoms with Gasteiger partial charge in [0, 0.05) is 16.8 Å². The molecular formula is C15H18FN5. The van der Waals surface area contributed by atoms with E-state index in [1.165, 1.54) is 31.7 Å². The number of benzene rings is 1. The van der Waals surface area contributed by atoms with E-state index in [-0.39, 0.29) is 5.82 Å². The number of nitrogens with two attached hydrogens (primary N) is 1. The van der Waals surface area contributed by atoms with Gasteiger partial charge in [-0.3, -0.25) is 0 Å². The molecule has 6 heteroatoms. The Morgan fingerprint density at radius 1 is 1.24 bits per heavy atom. The van der Waals surface area contributed by atoms with E-state index in [9.17, 15) is 4.39 Å². The molecule has 2 N–H and O–H groups in total. The van der Waals surface area contributed by atoms with E-state index >= 15 is 0 Å². The summed E-state index contributed by atoms with van der Waals surface area (Å²) in [4.78, 5) is 0. The van der Waals surface area contributed by atoms with Crippen molar-refractivity contribution in [2.45, 2.75) is 38.6 Å². The van der Waals surface area contributed by atoms with E-state index in [1.807, 2.05) is 4.68 Å². The Morgan fingerprint density at radius 3 is 2.48 bits per heavy atom. The third-order valence-corrected chi connectivity index (χ3v) is 4.63. The first kappa shape index (κ1) is 12.7. The zero-order valence-electron chi connectivity index (χ0n) is 12.0. The summed E-state index contributed by atoms with van der Waals surface area (Å²) in [6, 6.07) is 3.60. The molecule has 2 aliphatic rings. The van der Waals surface area contributed by atoms with Gasteiger partial charge in [0.05, 0.1) is 6.04 Å². The van der Waals surface area contributed by atoms with Crippen LogP contribution in [0.15, 0.2) is 12.1 Å². The summed E-state index contributed by atoms with van der Waals surface area (Å²) in [5.74, 6) is 1.66. The van der Waals surface area contributed by atoms with E-state index in [4.69, 9.17) is 5.73 Å². The van der Waals surface area contributed by atoms with Gasteiger partial charge in [-0.05, 0) is 67.0 Å². The molecule has 0 atom stereocenters. The maximum Gasteiger partial charge on any atom is 0.182 e. The van der Waals surface area contributed by atoms with Crippen molar-refractivity contribution in [2.24, 2.45) is 11.8 Å². The minimum atomic E-state index is -0.311. The van der Waals surface area contributed by atoms with E-state index < -0.39 is 0 Å². The Labute approximate surface area is 122 Å². The van der Waals surface area contributed by atoms with Crippen molar-refractivity contribution in [2.75, 3.05) is 5.73 Å². The number of tetrazole rings is 1. The standard InChI is InChI=1S/C15H18FN5/c1-8-12(16)6-11(7-13(8)17)15-18-19-20-21(15)14(9-2-3-9)10-4-5-10/h6-7,9-10,14H,2-5,17H2,1H3. The SMILES string of the molecule is Cc1c(N)cc(-c2nnnn2C(C2CC2)C2CC2)cc1F. The molecule has 0 radical (unpaired) electrons. The Balaban J connectivity index is 1.78. The van der Waals surface area contributed by atoms with Gasteiger partial charge in [-0.2, -0.15) is 0 Å². The number of hydrogen-bond acceptors (Lipinski definition) is 4. The first-order chi connectivity index (χ1) is 10.1. The summed E-state index contributed by atoms with van der Waals surface area (Å²) in [6.07, 6.45) is 4.96. The zero-order chi connectivity index (χ0) is 14.6. The van der Waals surface area contributed by atoms with Crippen molar-refractivity contribution in [3.8, 4) is 11.4 Å². The summed E-state index contributed by atoms with van der Waals surface area (Å²) in [5.41, 5.74) is 7.45. The summed E-state index contributed by atoms with van der Waals surface area (Å²) in [6.45, 7) is 1.68. The van der Waals surface area contributed by atoms with E-state index in [2.05, 4.69) is 15.5 Å². The van der Waals surface area contributed by atoms with E-state index in [0.29, 0.717) is 40.5 Å². The van der Waals surface area contributed by atoms with Crippen molar-refractivity contribution in [1.29, 1.82) is 0 Å². The van der Waals surface area contributed by atoms with Crippen LogP contribution in [0.4, 0.5) is 10.1 Å². The molecule has 2 fully saturated rings. The van der Waals surface area contributed by atoms with Crippen LogP contribution in [0, 0.1) is 24.6 Å². The summed E-state index contributed by atoms with van der Waals surface area (Å²) < 4.78 is 15.9. The highest BCUT2D eigenvalue weighted by Gasteiger charge is 2.44. The Bertz CT molecular complexity index is 652. The van der Waals surface area contributed by atoms with Crippen molar-refractivity contribution in [3.63, 3.8) is 0 Å². The quantitative estimate of drug-likeness (QED) is 0.878. The number of aromatic nitrogens is 4. The molecular weight excluding hydrogens is 269 g/mol. The molecule has 110 valence electrons. The summed E-state index contributed by atoms with van der Waals surface area (Å²) >= 11 is 0. The predicted octanol–water partition coefficient (Wildman–Crippen LogP) is 2.73. The zero-order valence-corrected chi connectivity index (χ0v) is 12.0. The molecule has 5 nitrogen and oxygen atoms in total. The second-order valence-corrected chi connectivity index (χ2v) is 6.28. The number of nitrogen functional groups attached to an aromatic ring is 1. The lowest BCUT2D eigenvalue weighted by Crippen LogP contribution is -2.16. The highest BCUT2D eigenvalue weighted by molar-refractivity contribution is 5.64. The highest BCUT2D eigenvalue weighted by Crippen LogP contribution is 2.52. The first-order valence-corrected chi connectivity index (χ1v) is 7.49. The monoisotopic (exact) mass is 287 g/mol. The summed E-state index contributed by atoms with van der Waals surface area (Å²) in [7, 11) is 0. The van der Waals surface area contributed by atoms with Gasteiger partial charge in [-0.25, -0.2) is 9.07 Å². The maximum atomic E-state index is 13.9. The lowest BCUT2D eigenvalue weighted by molar-refractivity contribution is 0.357. The average Bonchev–Trinajstić information content (AvgIpc) is 3.37. The first-order valence-electron chi connectivity index (χ1n) is 7.49. The minimum absolute atomic E-state index is 0.311. The normalized spacial score (nSPS) is 18.4. The van der Waals surface area contributed by atoms with Crippen LogP contribution >= 0.6 is 0 Å². The van der Waals surface area contributed by atoms with Crippen LogP contribution in [0.25, 0.3) is 11.4 Å². The van der Waals surface area contributed by atoms with Gasteiger partial charge < -0.3 is 5.73 Å². The molecule has 1 aromatic carbocycles. The molecule has 2 aromatic rings. The van der Waals surface area contributed by atoms with Gasteiger partial charge in [-0.1, -0.05) is 0 Å².